The highest BCUT2D eigenvalue weighted by Crippen LogP contribution is 2.28. The number of aromatic nitrogens is 1. The van der Waals surface area contributed by atoms with Crippen LogP contribution in [0.2, 0.25) is 0 Å². The van der Waals surface area contributed by atoms with E-state index in [1.165, 1.54) is 17.5 Å². The Morgan fingerprint density at radius 3 is 2.66 bits per heavy atom. The molecule has 0 N–H and O–H groups in total. The monoisotopic (exact) mass is 456 g/mol. The Morgan fingerprint density at radius 1 is 1.16 bits per heavy atom. The molecule has 32 heavy (non-hydrogen) atoms. The smallest absolute Gasteiger partial charge is 0.216 e. The highest BCUT2D eigenvalue weighted by molar-refractivity contribution is 7.98. The van der Waals surface area contributed by atoms with Crippen LogP contribution in [0.3, 0.4) is 0 Å². The zero-order valence-corrected chi connectivity index (χ0v) is 20.4. The van der Waals surface area contributed by atoms with Crippen molar-refractivity contribution in [3.63, 3.8) is 0 Å². The van der Waals surface area contributed by atoms with Crippen LogP contribution >= 0.6 is 11.9 Å². The first-order chi connectivity index (χ1) is 15.7. The standard InChI is InChI=1S/C25H36N4O2S/c1-4-9-29(10-5-2)23-18-24(31-16-13-28-11-14-30-15-12-28)27-25(19-23)32-26-20-22-8-6-7-21(3)17-22/h6-8,17-20H,4-5,9-16H2,1-3H3/b26-20+. The number of pyridine rings is 1. The van der Waals surface area contributed by atoms with Gasteiger partial charge < -0.3 is 14.4 Å². The molecule has 1 aliphatic rings. The van der Waals surface area contributed by atoms with Gasteiger partial charge in [-0.25, -0.2) is 9.38 Å². The topological polar surface area (TPSA) is 50.2 Å². The molecule has 0 aliphatic carbocycles. The molecule has 7 heteroatoms. The van der Waals surface area contributed by atoms with Crippen LogP contribution in [-0.4, -0.2) is 68.6 Å². The number of morpholine rings is 1. The summed E-state index contributed by atoms with van der Waals surface area (Å²) in [6, 6.07) is 12.5. The van der Waals surface area contributed by atoms with Crippen molar-refractivity contribution >= 4 is 23.8 Å². The van der Waals surface area contributed by atoms with Crippen LogP contribution in [0.25, 0.3) is 0 Å². The fraction of sp³-hybridized carbons (Fsp3) is 0.520. The van der Waals surface area contributed by atoms with E-state index >= 15 is 0 Å². The molecule has 2 heterocycles. The largest absolute Gasteiger partial charge is 0.476 e. The van der Waals surface area contributed by atoms with Gasteiger partial charge in [-0.15, -0.1) is 0 Å². The molecule has 0 unspecified atom stereocenters. The number of hydrogen-bond donors (Lipinski definition) is 0. The zero-order chi connectivity index (χ0) is 22.6. The molecule has 0 bridgehead atoms. The minimum atomic E-state index is 0.620. The maximum Gasteiger partial charge on any atom is 0.216 e. The number of anilines is 1. The molecule has 1 aromatic carbocycles. The van der Waals surface area contributed by atoms with E-state index in [1.807, 2.05) is 12.3 Å². The van der Waals surface area contributed by atoms with Gasteiger partial charge in [0, 0.05) is 62.6 Å². The summed E-state index contributed by atoms with van der Waals surface area (Å²) in [6.45, 7) is 13.6. The molecule has 0 amide bonds. The molecular formula is C25H36N4O2S. The van der Waals surface area contributed by atoms with Gasteiger partial charge in [-0.2, -0.15) is 0 Å². The first-order valence-electron chi connectivity index (χ1n) is 11.6. The number of aryl methyl sites for hydroxylation is 1. The Kier molecular flexibility index (Phi) is 10.3. The van der Waals surface area contributed by atoms with Crippen LogP contribution in [0.4, 0.5) is 5.69 Å². The summed E-state index contributed by atoms with van der Waals surface area (Å²) >= 11 is 1.39. The van der Waals surface area contributed by atoms with Crippen LogP contribution < -0.4 is 9.64 Å². The molecule has 3 rings (SSSR count). The Morgan fingerprint density at radius 2 is 1.94 bits per heavy atom. The molecule has 1 aliphatic heterocycles. The van der Waals surface area contributed by atoms with Crippen LogP contribution in [0.5, 0.6) is 5.88 Å². The fourth-order valence-corrected chi connectivity index (χ4v) is 4.26. The lowest BCUT2D eigenvalue weighted by molar-refractivity contribution is 0.0320. The molecule has 1 saturated heterocycles. The molecule has 6 nitrogen and oxygen atoms in total. The quantitative estimate of drug-likeness (QED) is 0.336. The van der Waals surface area contributed by atoms with Gasteiger partial charge in [0.1, 0.15) is 11.6 Å². The van der Waals surface area contributed by atoms with E-state index in [1.54, 1.807) is 0 Å². The third-order valence-electron chi connectivity index (χ3n) is 5.27. The van der Waals surface area contributed by atoms with Crippen LogP contribution in [0.1, 0.15) is 37.8 Å². The van der Waals surface area contributed by atoms with E-state index in [9.17, 15) is 0 Å². The summed E-state index contributed by atoms with van der Waals surface area (Å²) < 4.78 is 16.1. The third-order valence-corrected chi connectivity index (χ3v) is 5.87. The van der Waals surface area contributed by atoms with Gasteiger partial charge in [0.05, 0.1) is 13.2 Å². The highest BCUT2D eigenvalue weighted by atomic mass is 32.2. The number of ether oxygens (including phenoxy) is 2. The SMILES string of the molecule is CCCN(CCC)c1cc(OCCN2CCOCC2)nc(S/N=C/c2cccc(C)c2)c1. The maximum atomic E-state index is 6.09. The van der Waals surface area contributed by atoms with Crippen molar-refractivity contribution in [1.29, 1.82) is 0 Å². The fourth-order valence-electron chi connectivity index (χ4n) is 3.68. The van der Waals surface area contributed by atoms with Gasteiger partial charge >= 0.3 is 0 Å². The summed E-state index contributed by atoms with van der Waals surface area (Å²) in [5.41, 5.74) is 3.47. The van der Waals surface area contributed by atoms with Gasteiger partial charge in [-0.05, 0) is 31.4 Å². The highest BCUT2D eigenvalue weighted by Gasteiger charge is 2.13. The van der Waals surface area contributed by atoms with Gasteiger partial charge in [0.2, 0.25) is 5.88 Å². The molecule has 0 radical (unpaired) electrons. The molecule has 0 atom stereocenters. The lowest BCUT2D eigenvalue weighted by Crippen LogP contribution is -2.38. The lowest BCUT2D eigenvalue weighted by Gasteiger charge is -2.26. The molecule has 1 fully saturated rings. The van der Waals surface area contributed by atoms with Gasteiger partial charge in [0.25, 0.3) is 0 Å². The predicted molar refractivity (Wildman–Crippen MR) is 134 cm³/mol. The van der Waals surface area contributed by atoms with Gasteiger partial charge in [-0.3, -0.25) is 4.90 Å². The van der Waals surface area contributed by atoms with Crippen molar-refractivity contribution in [1.82, 2.24) is 9.88 Å². The Labute approximate surface area is 197 Å². The number of hydrogen-bond acceptors (Lipinski definition) is 7. The average molecular weight is 457 g/mol. The first-order valence-corrected chi connectivity index (χ1v) is 12.4. The van der Waals surface area contributed by atoms with Crippen molar-refractivity contribution < 1.29 is 9.47 Å². The van der Waals surface area contributed by atoms with Crippen molar-refractivity contribution in [3.05, 3.63) is 47.5 Å². The van der Waals surface area contributed by atoms with Crippen molar-refractivity contribution in [3.8, 4) is 5.88 Å². The molecule has 1 aromatic heterocycles. The number of nitrogens with zero attached hydrogens (tertiary/aromatic N) is 4. The second-order valence-electron chi connectivity index (χ2n) is 8.03. The normalized spacial score (nSPS) is 14.7. The van der Waals surface area contributed by atoms with E-state index in [4.69, 9.17) is 14.5 Å². The van der Waals surface area contributed by atoms with Gasteiger partial charge in [-0.1, -0.05) is 43.7 Å². The lowest BCUT2D eigenvalue weighted by atomic mass is 10.2. The molecule has 174 valence electrons. The van der Waals surface area contributed by atoms with Crippen molar-refractivity contribution in [2.24, 2.45) is 4.40 Å². The average Bonchev–Trinajstić information content (AvgIpc) is 2.80. The molecule has 0 saturated carbocycles. The van der Waals surface area contributed by atoms with E-state index in [-0.39, 0.29) is 0 Å². The Hall–Kier alpha value is -2.09. The summed E-state index contributed by atoms with van der Waals surface area (Å²) in [5.74, 6) is 0.668. The van der Waals surface area contributed by atoms with E-state index < -0.39 is 0 Å². The van der Waals surface area contributed by atoms with E-state index in [0.717, 1.165) is 75.1 Å². The summed E-state index contributed by atoms with van der Waals surface area (Å²) in [7, 11) is 0. The van der Waals surface area contributed by atoms with Crippen LogP contribution in [0, 0.1) is 6.92 Å². The third kappa shape index (κ3) is 8.11. The minimum absolute atomic E-state index is 0.620. The number of benzene rings is 1. The minimum Gasteiger partial charge on any atom is -0.476 e. The molecule has 2 aromatic rings. The second kappa shape index (κ2) is 13.5. The number of rotatable bonds is 12. The predicted octanol–water partition coefficient (Wildman–Crippen LogP) is 4.85. The Bertz CT molecular complexity index is 850. The van der Waals surface area contributed by atoms with E-state index in [2.05, 4.69) is 65.3 Å². The van der Waals surface area contributed by atoms with Crippen molar-refractivity contribution in [2.45, 2.75) is 38.6 Å². The summed E-state index contributed by atoms with van der Waals surface area (Å²) in [6.07, 6.45) is 4.09. The summed E-state index contributed by atoms with van der Waals surface area (Å²) in [5, 5.41) is 0.852. The molecular weight excluding hydrogens is 420 g/mol. The first kappa shape index (κ1) is 24.6. The van der Waals surface area contributed by atoms with Gasteiger partial charge in [0.15, 0.2) is 0 Å². The van der Waals surface area contributed by atoms with Crippen molar-refractivity contribution in [2.75, 3.05) is 57.4 Å². The van der Waals surface area contributed by atoms with Crippen LogP contribution in [-0.2, 0) is 4.74 Å². The van der Waals surface area contributed by atoms with Crippen LogP contribution in [0.15, 0.2) is 45.8 Å². The summed E-state index contributed by atoms with van der Waals surface area (Å²) in [4.78, 5) is 9.50. The maximum absolute atomic E-state index is 6.09. The zero-order valence-electron chi connectivity index (χ0n) is 19.6. The second-order valence-corrected chi connectivity index (χ2v) is 8.84. The van der Waals surface area contributed by atoms with E-state index in [0.29, 0.717) is 12.5 Å². The Balaban J connectivity index is 1.71. The molecule has 0 spiro atoms.